The average molecular weight is 202 g/mol. The van der Waals surface area contributed by atoms with Crippen LogP contribution in [0.4, 0.5) is 0 Å². The summed E-state index contributed by atoms with van der Waals surface area (Å²) in [6.45, 7) is 0. The standard InChI is InChI=1S/C11H10N2O2/c12-6-7-5-8-9(13-11(7)15)3-1-2-4-10(8)14/h5H,1-4H2,(H,13,15). The number of aromatic nitrogens is 1. The molecule has 0 aliphatic heterocycles. The van der Waals surface area contributed by atoms with Crippen molar-refractivity contribution in [3.63, 3.8) is 0 Å². The summed E-state index contributed by atoms with van der Waals surface area (Å²) in [5.41, 5.74) is 0.820. The molecule has 0 bridgehead atoms. The Morgan fingerprint density at radius 1 is 1.27 bits per heavy atom. The third-order valence-corrected chi connectivity index (χ3v) is 2.62. The quantitative estimate of drug-likeness (QED) is 0.641. The maximum atomic E-state index is 11.7. The van der Waals surface area contributed by atoms with Crippen molar-refractivity contribution in [1.29, 1.82) is 5.26 Å². The first-order valence-electron chi connectivity index (χ1n) is 4.92. The minimum atomic E-state index is -0.397. The Labute approximate surface area is 86.6 Å². The molecular weight excluding hydrogens is 192 g/mol. The number of ketones is 1. The van der Waals surface area contributed by atoms with Crippen LogP contribution in [0, 0.1) is 11.3 Å². The maximum absolute atomic E-state index is 11.7. The average Bonchev–Trinajstić information content (AvgIpc) is 2.40. The highest BCUT2D eigenvalue weighted by Crippen LogP contribution is 2.18. The van der Waals surface area contributed by atoms with Crippen LogP contribution in [-0.4, -0.2) is 10.8 Å². The van der Waals surface area contributed by atoms with E-state index in [-0.39, 0.29) is 11.3 Å². The van der Waals surface area contributed by atoms with E-state index in [0.717, 1.165) is 12.8 Å². The van der Waals surface area contributed by atoms with Gasteiger partial charge in [0.1, 0.15) is 11.6 Å². The molecule has 0 fully saturated rings. The van der Waals surface area contributed by atoms with Crippen LogP contribution in [0.2, 0.25) is 0 Å². The lowest BCUT2D eigenvalue weighted by Gasteiger charge is -2.03. The second kappa shape index (κ2) is 3.70. The molecule has 0 saturated heterocycles. The fraction of sp³-hybridized carbons (Fsp3) is 0.364. The van der Waals surface area contributed by atoms with Crippen LogP contribution in [0.15, 0.2) is 10.9 Å². The maximum Gasteiger partial charge on any atom is 0.266 e. The zero-order chi connectivity index (χ0) is 10.8. The van der Waals surface area contributed by atoms with Gasteiger partial charge in [0, 0.05) is 17.7 Å². The van der Waals surface area contributed by atoms with Crippen LogP contribution >= 0.6 is 0 Å². The first kappa shape index (κ1) is 9.66. The SMILES string of the molecule is N#Cc1cc2c([nH]c1=O)CCCCC2=O. The minimum absolute atomic E-state index is 0.0176. The molecule has 1 aromatic heterocycles. The van der Waals surface area contributed by atoms with Crippen LogP contribution < -0.4 is 5.56 Å². The Hall–Kier alpha value is -1.89. The molecule has 0 aromatic carbocycles. The summed E-state index contributed by atoms with van der Waals surface area (Å²) in [5, 5.41) is 8.70. The fourth-order valence-corrected chi connectivity index (χ4v) is 1.82. The number of carbonyl (C=O) groups excluding carboxylic acids is 1. The minimum Gasteiger partial charge on any atom is -0.324 e. The molecule has 0 radical (unpaired) electrons. The van der Waals surface area contributed by atoms with E-state index in [1.165, 1.54) is 6.07 Å². The van der Waals surface area contributed by atoms with Gasteiger partial charge < -0.3 is 4.98 Å². The molecule has 0 unspecified atom stereocenters. The summed E-state index contributed by atoms with van der Waals surface area (Å²) < 4.78 is 0. The topological polar surface area (TPSA) is 73.7 Å². The van der Waals surface area contributed by atoms with Crippen molar-refractivity contribution in [2.75, 3.05) is 0 Å². The largest absolute Gasteiger partial charge is 0.324 e. The van der Waals surface area contributed by atoms with Gasteiger partial charge in [-0.05, 0) is 25.3 Å². The van der Waals surface area contributed by atoms with Crippen LogP contribution in [-0.2, 0) is 6.42 Å². The zero-order valence-electron chi connectivity index (χ0n) is 8.17. The Morgan fingerprint density at radius 2 is 2.00 bits per heavy atom. The first-order valence-corrected chi connectivity index (χ1v) is 4.92. The summed E-state index contributed by atoms with van der Waals surface area (Å²) in [6.07, 6.45) is 2.96. The van der Waals surface area contributed by atoms with Gasteiger partial charge in [0.15, 0.2) is 5.78 Å². The van der Waals surface area contributed by atoms with Crippen molar-refractivity contribution >= 4 is 5.78 Å². The molecule has 0 atom stereocenters. The Bertz CT molecular complexity index is 508. The monoisotopic (exact) mass is 202 g/mol. The Balaban J connectivity index is 2.63. The summed E-state index contributed by atoms with van der Waals surface area (Å²) in [5.74, 6) is 0.0234. The van der Waals surface area contributed by atoms with E-state index in [4.69, 9.17) is 5.26 Å². The molecule has 0 spiro atoms. The number of carbonyl (C=O) groups is 1. The van der Waals surface area contributed by atoms with E-state index in [0.29, 0.717) is 24.1 Å². The van der Waals surface area contributed by atoms with Gasteiger partial charge in [0.2, 0.25) is 0 Å². The summed E-state index contributed by atoms with van der Waals surface area (Å²) >= 11 is 0. The number of aryl methyl sites for hydroxylation is 1. The fourth-order valence-electron chi connectivity index (χ4n) is 1.82. The van der Waals surface area contributed by atoms with Crippen LogP contribution in [0.25, 0.3) is 0 Å². The van der Waals surface area contributed by atoms with E-state index in [1.807, 2.05) is 0 Å². The van der Waals surface area contributed by atoms with Crippen LogP contribution in [0.5, 0.6) is 0 Å². The van der Waals surface area contributed by atoms with Crippen molar-refractivity contribution in [1.82, 2.24) is 4.98 Å². The van der Waals surface area contributed by atoms with Gasteiger partial charge >= 0.3 is 0 Å². The second-order valence-electron chi connectivity index (χ2n) is 3.65. The van der Waals surface area contributed by atoms with Gasteiger partial charge in [-0.3, -0.25) is 9.59 Å². The second-order valence-corrected chi connectivity index (χ2v) is 3.65. The summed E-state index contributed by atoms with van der Waals surface area (Å²) in [7, 11) is 0. The van der Waals surface area contributed by atoms with E-state index in [2.05, 4.69) is 4.98 Å². The number of nitrogens with zero attached hydrogens (tertiary/aromatic N) is 1. The Morgan fingerprint density at radius 3 is 2.73 bits per heavy atom. The van der Waals surface area contributed by atoms with Crippen molar-refractivity contribution in [2.45, 2.75) is 25.7 Å². The number of hydrogen-bond donors (Lipinski definition) is 1. The molecule has 4 nitrogen and oxygen atoms in total. The third kappa shape index (κ3) is 1.68. The number of fused-ring (bicyclic) bond motifs is 1. The molecule has 76 valence electrons. The normalized spacial score (nSPS) is 15.3. The van der Waals surface area contributed by atoms with Crippen LogP contribution in [0.1, 0.15) is 40.9 Å². The molecule has 1 aliphatic carbocycles. The molecule has 0 saturated carbocycles. The number of aromatic amines is 1. The van der Waals surface area contributed by atoms with E-state index < -0.39 is 5.56 Å². The highest BCUT2D eigenvalue weighted by molar-refractivity contribution is 5.97. The molecule has 1 heterocycles. The number of Topliss-reactive ketones (excluding diaryl/α,β-unsaturated/α-hetero) is 1. The Kier molecular flexibility index (Phi) is 2.38. The number of nitriles is 1. The molecule has 2 rings (SSSR count). The van der Waals surface area contributed by atoms with Crippen molar-refractivity contribution in [2.24, 2.45) is 0 Å². The molecule has 1 N–H and O–H groups in total. The molecule has 1 aliphatic rings. The highest BCUT2D eigenvalue weighted by Gasteiger charge is 2.17. The summed E-state index contributed by atoms with van der Waals surface area (Å²) in [4.78, 5) is 25.6. The van der Waals surface area contributed by atoms with E-state index in [1.54, 1.807) is 6.07 Å². The van der Waals surface area contributed by atoms with Gasteiger partial charge in [-0.15, -0.1) is 0 Å². The van der Waals surface area contributed by atoms with Gasteiger partial charge in [-0.2, -0.15) is 5.26 Å². The zero-order valence-corrected chi connectivity index (χ0v) is 8.17. The number of pyridine rings is 1. The smallest absolute Gasteiger partial charge is 0.266 e. The third-order valence-electron chi connectivity index (χ3n) is 2.62. The molecular formula is C11H10N2O2. The van der Waals surface area contributed by atoms with Gasteiger partial charge in [0.05, 0.1) is 0 Å². The van der Waals surface area contributed by atoms with Crippen molar-refractivity contribution in [3.8, 4) is 6.07 Å². The number of rotatable bonds is 0. The van der Waals surface area contributed by atoms with E-state index in [9.17, 15) is 9.59 Å². The molecule has 4 heteroatoms. The number of nitrogens with one attached hydrogen (secondary N) is 1. The molecule has 15 heavy (non-hydrogen) atoms. The number of hydrogen-bond acceptors (Lipinski definition) is 3. The lowest BCUT2D eigenvalue weighted by molar-refractivity contribution is 0.0981. The summed E-state index contributed by atoms with van der Waals surface area (Å²) in [6, 6.07) is 3.21. The van der Waals surface area contributed by atoms with Gasteiger partial charge in [-0.25, -0.2) is 0 Å². The van der Waals surface area contributed by atoms with E-state index >= 15 is 0 Å². The van der Waals surface area contributed by atoms with Gasteiger partial charge in [0.25, 0.3) is 5.56 Å². The van der Waals surface area contributed by atoms with Gasteiger partial charge in [-0.1, -0.05) is 0 Å². The highest BCUT2D eigenvalue weighted by atomic mass is 16.1. The molecule has 0 amide bonds. The first-order chi connectivity index (χ1) is 7.22. The molecule has 1 aromatic rings. The predicted octanol–water partition coefficient (Wildman–Crippen LogP) is 1.16. The number of H-pyrrole nitrogens is 1. The predicted molar refractivity (Wildman–Crippen MR) is 53.7 cm³/mol. The lowest BCUT2D eigenvalue weighted by Crippen LogP contribution is -2.16. The van der Waals surface area contributed by atoms with Crippen LogP contribution in [0.3, 0.4) is 0 Å². The van der Waals surface area contributed by atoms with Crippen molar-refractivity contribution in [3.05, 3.63) is 33.2 Å². The van der Waals surface area contributed by atoms with Crippen molar-refractivity contribution < 1.29 is 4.79 Å². The lowest BCUT2D eigenvalue weighted by atomic mass is 10.1.